The van der Waals surface area contributed by atoms with Gasteiger partial charge in [-0.2, -0.15) is 0 Å². The van der Waals surface area contributed by atoms with Crippen LogP contribution in [0, 0.1) is 0 Å². The Morgan fingerprint density at radius 1 is 1.41 bits per heavy atom. The van der Waals surface area contributed by atoms with Crippen LogP contribution in [-0.4, -0.2) is 31.9 Å². The molecule has 1 rings (SSSR count). The zero-order valence-electron chi connectivity index (χ0n) is 10.4. The van der Waals surface area contributed by atoms with E-state index in [1.54, 1.807) is 26.2 Å². The summed E-state index contributed by atoms with van der Waals surface area (Å²) in [7, 11) is 1.67. The van der Waals surface area contributed by atoms with Crippen LogP contribution in [0.2, 0.25) is 5.02 Å². The van der Waals surface area contributed by atoms with Crippen LogP contribution in [0.25, 0.3) is 0 Å². The smallest absolute Gasteiger partial charge is 0.0881 e. The molecule has 0 aliphatic rings. The maximum absolute atomic E-state index is 10.3. The fourth-order valence-corrected chi connectivity index (χ4v) is 1.79. The molecule has 0 fully saturated rings. The lowest BCUT2D eigenvalue weighted by atomic mass is 9.92. The van der Waals surface area contributed by atoms with Gasteiger partial charge in [-0.15, -0.1) is 0 Å². The zero-order valence-corrected chi connectivity index (χ0v) is 11.1. The third-order valence-corrected chi connectivity index (χ3v) is 2.95. The van der Waals surface area contributed by atoms with E-state index in [1.165, 1.54) is 0 Å². The predicted molar refractivity (Wildman–Crippen MR) is 70.4 cm³/mol. The maximum Gasteiger partial charge on any atom is 0.0881 e. The molecule has 0 heterocycles. The van der Waals surface area contributed by atoms with Gasteiger partial charge in [-0.05, 0) is 37.6 Å². The molecule has 0 saturated carbocycles. The van der Waals surface area contributed by atoms with E-state index in [2.05, 4.69) is 5.32 Å². The van der Waals surface area contributed by atoms with E-state index in [0.717, 1.165) is 18.7 Å². The third-order valence-electron chi connectivity index (χ3n) is 2.72. The second kappa shape index (κ2) is 6.97. The highest BCUT2D eigenvalue weighted by molar-refractivity contribution is 6.30. The number of ether oxygens (including phenoxy) is 1. The summed E-state index contributed by atoms with van der Waals surface area (Å²) in [5.41, 5.74) is -0.0103. The molecule has 0 spiro atoms. The van der Waals surface area contributed by atoms with Gasteiger partial charge in [-0.25, -0.2) is 0 Å². The molecule has 17 heavy (non-hydrogen) atoms. The lowest BCUT2D eigenvalue weighted by Crippen LogP contribution is -2.29. The van der Waals surface area contributed by atoms with E-state index in [-0.39, 0.29) is 0 Å². The number of aliphatic hydroxyl groups is 1. The minimum atomic E-state index is -0.856. The average Bonchev–Trinajstić information content (AvgIpc) is 2.29. The van der Waals surface area contributed by atoms with Gasteiger partial charge in [0.2, 0.25) is 0 Å². The molecule has 0 aliphatic heterocycles. The maximum atomic E-state index is 10.3. The molecule has 0 bridgehead atoms. The normalized spacial score (nSPS) is 14.6. The highest BCUT2D eigenvalue weighted by atomic mass is 35.5. The molecule has 0 radical (unpaired) electrons. The van der Waals surface area contributed by atoms with E-state index in [9.17, 15) is 5.11 Å². The van der Waals surface area contributed by atoms with Crippen molar-refractivity contribution >= 4 is 11.6 Å². The summed E-state index contributed by atoms with van der Waals surface area (Å²) < 4.78 is 4.93. The first-order valence-corrected chi connectivity index (χ1v) is 6.12. The fraction of sp³-hybridized carbons (Fsp3) is 0.538. The van der Waals surface area contributed by atoms with Gasteiger partial charge >= 0.3 is 0 Å². The number of methoxy groups -OCH3 is 1. The van der Waals surface area contributed by atoms with E-state index in [4.69, 9.17) is 16.3 Å². The molecule has 96 valence electrons. The van der Waals surface area contributed by atoms with Crippen molar-refractivity contribution in [2.75, 3.05) is 26.8 Å². The Hall–Kier alpha value is -0.610. The summed E-state index contributed by atoms with van der Waals surface area (Å²) in [6.45, 7) is 4.01. The first kappa shape index (κ1) is 14.5. The second-order valence-electron chi connectivity index (χ2n) is 4.28. The van der Waals surface area contributed by atoms with Gasteiger partial charge in [0.1, 0.15) is 0 Å². The van der Waals surface area contributed by atoms with Crippen molar-refractivity contribution < 1.29 is 9.84 Å². The highest BCUT2D eigenvalue weighted by Crippen LogP contribution is 2.26. The Balaban J connectivity index is 2.45. The van der Waals surface area contributed by atoms with Gasteiger partial charge < -0.3 is 15.2 Å². The van der Waals surface area contributed by atoms with Crippen molar-refractivity contribution in [3.05, 3.63) is 34.9 Å². The number of rotatable bonds is 7. The summed E-state index contributed by atoms with van der Waals surface area (Å²) in [6.07, 6.45) is 0.636. The Morgan fingerprint density at radius 3 is 2.82 bits per heavy atom. The zero-order chi connectivity index (χ0) is 12.7. The molecule has 3 nitrogen and oxygen atoms in total. The largest absolute Gasteiger partial charge is 0.385 e. The monoisotopic (exact) mass is 257 g/mol. The van der Waals surface area contributed by atoms with Crippen LogP contribution in [0.5, 0.6) is 0 Å². The first-order valence-electron chi connectivity index (χ1n) is 5.74. The van der Waals surface area contributed by atoms with E-state index >= 15 is 0 Å². The van der Waals surface area contributed by atoms with Gasteiger partial charge in [0, 0.05) is 18.7 Å². The minimum absolute atomic E-state index is 0.636. The molecule has 1 aromatic carbocycles. The molecule has 0 aliphatic carbocycles. The van der Waals surface area contributed by atoms with Crippen molar-refractivity contribution in [3.8, 4) is 0 Å². The standard InChI is InChI=1S/C13H20ClNO2/c1-13(16,6-7-15-8-9-17-2)11-4-3-5-12(14)10-11/h3-5,10,15-16H,6-9H2,1-2H3. The number of hydrogen-bond acceptors (Lipinski definition) is 3. The van der Waals surface area contributed by atoms with Crippen molar-refractivity contribution in [1.82, 2.24) is 5.32 Å². The number of halogens is 1. The van der Waals surface area contributed by atoms with Crippen LogP contribution < -0.4 is 5.32 Å². The molecule has 4 heteroatoms. The molecule has 1 aromatic rings. The third kappa shape index (κ3) is 5.04. The van der Waals surface area contributed by atoms with Crippen molar-refractivity contribution in [3.63, 3.8) is 0 Å². The van der Waals surface area contributed by atoms with Crippen LogP contribution in [0.15, 0.2) is 24.3 Å². The number of benzene rings is 1. The Morgan fingerprint density at radius 2 is 2.18 bits per heavy atom. The van der Waals surface area contributed by atoms with Crippen molar-refractivity contribution in [2.24, 2.45) is 0 Å². The van der Waals surface area contributed by atoms with Gasteiger partial charge in [0.05, 0.1) is 12.2 Å². The summed E-state index contributed by atoms with van der Waals surface area (Å²) in [6, 6.07) is 7.35. The highest BCUT2D eigenvalue weighted by Gasteiger charge is 2.22. The van der Waals surface area contributed by atoms with Crippen molar-refractivity contribution in [2.45, 2.75) is 18.9 Å². The van der Waals surface area contributed by atoms with Crippen LogP contribution in [-0.2, 0) is 10.3 Å². The van der Waals surface area contributed by atoms with E-state index < -0.39 is 5.60 Å². The quantitative estimate of drug-likeness (QED) is 0.736. The van der Waals surface area contributed by atoms with E-state index in [1.807, 2.05) is 12.1 Å². The van der Waals surface area contributed by atoms with Crippen LogP contribution >= 0.6 is 11.6 Å². The summed E-state index contributed by atoms with van der Waals surface area (Å²) in [5.74, 6) is 0. The number of nitrogens with one attached hydrogen (secondary N) is 1. The Labute approximate surface area is 108 Å². The van der Waals surface area contributed by atoms with Crippen LogP contribution in [0.1, 0.15) is 18.9 Å². The lowest BCUT2D eigenvalue weighted by molar-refractivity contribution is 0.0475. The SMILES string of the molecule is COCCNCCC(C)(O)c1cccc(Cl)c1. The molecule has 1 unspecified atom stereocenters. The molecule has 2 N–H and O–H groups in total. The topological polar surface area (TPSA) is 41.5 Å². The second-order valence-corrected chi connectivity index (χ2v) is 4.71. The van der Waals surface area contributed by atoms with E-state index in [0.29, 0.717) is 18.1 Å². The lowest BCUT2D eigenvalue weighted by Gasteiger charge is -2.24. The average molecular weight is 258 g/mol. The molecule has 0 aromatic heterocycles. The summed E-state index contributed by atoms with van der Waals surface area (Å²) in [4.78, 5) is 0. The van der Waals surface area contributed by atoms with Gasteiger partial charge in [-0.1, -0.05) is 23.7 Å². The number of hydrogen-bond donors (Lipinski definition) is 2. The molecule has 1 atom stereocenters. The van der Waals surface area contributed by atoms with Gasteiger partial charge in [0.15, 0.2) is 0 Å². The Bertz CT molecular complexity index is 342. The summed E-state index contributed by atoms with van der Waals surface area (Å²) >= 11 is 5.91. The molecule has 0 amide bonds. The Kier molecular flexibility index (Phi) is 5.92. The minimum Gasteiger partial charge on any atom is -0.385 e. The van der Waals surface area contributed by atoms with Gasteiger partial charge in [-0.3, -0.25) is 0 Å². The molecular formula is C13H20ClNO2. The van der Waals surface area contributed by atoms with Crippen molar-refractivity contribution in [1.29, 1.82) is 0 Å². The van der Waals surface area contributed by atoms with Crippen LogP contribution in [0.3, 0.4) is 0 Å². The van der Waals surface area contributed by atoms with Crippen LogP contribution in [0.4, 0.5) is 0 Å². The molecule has 0 saturated heterocycles. The predicted octanol–water partition coefficient (Wildman–Crippen LogP) is 2.17. The summed E-state index contributed by atoms with van der Waals surface area (Å²) in [5, 5.41) is 14.2. The fourth-order valence-electron chi connectivity index (χ4n) is 1.60. The van der Waals surface area contributed by atoms with Gasteiger partial charge in [0.25, 0.3) is 0 Å². The first-order chi connectivity index (χ1) is 8.06. The molecular weight excluding hydrogens is 238 g/mol.